The van der Waals surface area contributed by atoms with Gasteiger partial charge in [-0.25, -0.2) is 9.59 Å². The van der Waals surface area contributed by atoms with Crippen LogP contribution >= 0.6 is 27.5 Å². The molecular weight excluding hydrogens is 384 g/mol. The van der Waals surface area contributed by atoms with Crippen molar-refractivity contribution in [2.75, 3.05) is 0 Å². The van der Waals surface area contributed by atoms with E-state index in [9.17, 15) is 9.59 Å². The smallest absolute Gasteiger partial charge is 0.351 e. The third kappa shape index (κ3) is 3.16. The van der Waals surface area contributed by atoms with Crippen molar-refractivity contribution in [3.63, 3.8) is 0 Å². The molecule has 0 atom stereocenters. The van der Waals surface area contributed by atoms with Crippen molar-refractivity contribution < 1.29 is 13.9 Å². The Balaban J connectivity index is 2.02. The van der Waals surface area contributed by atoms with Crippen LogP contribution in [0.3, 0.4) is 0 Å². The second-order valence-electron chi connectivity index (χ2n) is 4.91. The standard InChI is InChI=1S/C17H10BrClO4/c1-9-6-11(18)8-13(19)15(9)23-17(21)12-7-10-4-2-3-5-14(10)22-16(12)20/h2-8H,1H3. The SMILES string of the molecule is Cc1cc(Br)cc(Cl)c1OC(=O)c1cc2ccccc2oc1=O. The predicted molar refractivity (Wildman–Crippen MR) is 91.3 cm³/mol. The summed E-state index contributed by atoms with van der Waals surface area (Å²) in [6, 6.07) is 11.7. The minimum Gasteiger partial charge on any atom is -0.422 e. The highest BCUT2D eigenvalue weighted by atomic mass is 79.9. The molecule has 0 aliphatic rings. The van der Waals surface area contributed by atoms with Crippen molar-refractivity contribution in [1.29, 1.82) is 0 Å². The Morgan fingerprint density at radius 1 is 1.22 bits per heavy atom. The van der Waals surface area contributed by atoms with Crippen LogP contribution in [-0.2, 0) is 0 Å². The van der Waals surface area contributed by atoms with Crippen molar-refractivity contribution in [3.8, 4) is 5.75 Å². The monoisotopic (exact) mass is 392 g/mol. The van der Waals surface area contributed by atoms with Crippen LogP contribution in [0.1, 0.15) is 15.9 Å². The van der Waals surface area contributed by atoms with E-state index in [-0.39, 0.29) is 16.3 Å². The predicted octanol–water partition coefficient (Wildman–Crippen LogP) is 4.74. The second kappa shape index (κ2) is 6.18. The van der Waals surface area contributed by atoms with Crippen LogP contribution in [0.5, 0.6) is 5.75 Å². The molecule has 2 aromatic carbocycles. The third-order valence-corrected chi connectivity index (χ3v) is 3.99. The molecule has 0 amide bonds. The lowest BCUT2D eigenvalue weighted by atomic mass is 10.2. The van der Waals surface area contributed by atoms with E-state index in [0.29, 0.717) is 16.5 Å². The Kier molecular flexibility index (Phi) is 4.24. The van der Waals surface area contributed by atoms with Gasteiger partial charge in [-0.05, 0) is 36.8 Å². The molecule has 0 fully saturated rings. The molecule has 4 nitrogen and oxygen atoms in total. The Bertz CT molecular complexity index is 955. The maximum atomic E-state index is 12.3. The minimum atomic E-state index is -0.808. The molecule has 0 saturated heterocycles. The molecule has 3 aromatic rings. The third-order valence-electron chi connectivity index (χ3n) is 3.25. The molecule has 23 heavy (non-hydrogen) atoms. The molecule has 1 heterocycles. The summed E-state index contributed by atoms with van der Waals surface area (Å²) in [5.41, 5.74) is 0.150. The molecule has 116 valence electrons. The van der Waals surface area contributed by atoms with E-state index in [1.165, 1.54) is 6.07 Å². The van der Waals surface area contributed by atoms with Gasteiger partial charge in [-0.2, -0.15) is 0 Å². The van der Waals surface area contributed by atoms with Crippen LogP contribution < -0.4 is 10.4 Å². The summed E-state index contributed by atoms with van der Waals surface area (Å²) >= 11 is 9.40. The van der Waals surface area contributed by atoms with Crippen molar-refractivity contribution in [2.24, 2.45) is 0 Å². The molecule has 0 bridgehead atoms. The van der Waals surface area contributed by atoms with Gasteiger partial charge in [-0.1, -0.05) is 45.7 Å². The second-order valence-corrected chi connectivity index (χ2v) is 6.23. The zero-order valence-electron chi connectivity index (χ0n) is 11.9. The van der Waals surface area contributed by atoms with Crippen LogP contribution in [0.25, 0.3) is 11.0 Å². The largest absolute Gasteiger partial charge is 0.422 e. The van der Waals surface area contributed by atoms with E-state index in [1.54, 1.807) is 43.3 Å². The number of para-hydroxylation sites is 1. The summed E-state index contributed by atoms with van der Waals surface area (Å²) in [4.78, 5) is 24.3. The van der Waals surface area contributed by atoms with E-state index in [2.05, 4.69) is 15.9 Å². The Morgan fingerprint density at radius 2 is 1.96 bits per heavy atom. The topological polar surface area (TPSA) is 56.5 Å². The quantitative estimate of drug-likeness (QED) is 0.358. The van der Waals surface area contributed by atoms with Gasteiger partial charge in [0.25, 0.3) is 0 Å². The lowest BCUT2D eigenvalue weighted by molar-refractivity contribution is 0.0729. The van der Waals surface area contributed by atoms with Gasteiger partial charge >= 0.3 is 11.6 Å². The lowest BCUT2D eigenvalue weighted by Gasteiger charge is -2.09. The Labute approximate surface area is 144 Å². The van der Waals surface area contributed by atoms with Gasteiger partial charge in [0.2, 0.25) is 0 Å². The van der Waals surface area contributed by atoms with Gasteiger partial charge in [0.15, 0.2) is 5.75 Å². The molecule has 0 aliphatic carbocycles. The Morgan fingerprint density at radius 3 is 2.70 bits per heavy atom. The molecule has 6 heteroatoms. The molecule has 1 aromatic heterocycles. The highest BCUT2D eigenvalue weighted by Crippen LogP contribution is 2.32. The highest BCUT2D eigenvalue weighted by Gasteiger charge is 2.18. The summed E-state index contributed by atoms with van der Waals surface area (Å²) in [6.07, 6.45) is 0. The van der Waals surface area contributed by atoms with Crippen LogP contribution in [0, 0.1) is 6.92 Å². The van der Waals surface area contributed by atoms with Crippen molar-refractivity contribution in [2.45, 2.75) is 6.92 Å². The Hall–Kier alpha value is -2.11. The summed E-state index contributed by atoms with van der Waals surface area (Å²) in [5.74, 6) is -0.593. The number of rotatable bonds is 2. The molecule has 0 aliphatic heterocycles. The van der Waals surface area contributed by atoms with Crippen molar-refractivity contribution >= 4 is 44.5 Å². The summed E-state index contributed by atoms with van der Waals surface area (Å²) in [5, 5.41) is 0.910. The van der Waals surface area contributed by atoms with Crippen LogP contribution in [0.15, 0.2) is 56.1 Å². The first-order valence-corrected chi connectivity index (χ1v) is 7.83. The number of hydrogen-bond donors (Lipinski definition) is 0. The number of ether oxygens (including phenoxy) is 1. The van der Waals surface area contributed by atoms with Gasteiger partial charge < -0.3 is 9.15 Å². The van der Waals surface area contributed by atoms with Crippen LogP contribution in [0.2, 0.25) is 5.02 Å². The van der Waals surface area contributed by atoms with E-state index < -0.39 is 11.6 Å². The van der Waals surface area contributed by atoms with E-state index in [1.807, 2.05) is 0 Å². The number of fused-ring (bicyclic) bond motifs is 1. The summed E-state index contributed by atoms with van der Waals surface area (Å²) in [6.45, 7) is 1.75. The fourth-order valence-electron chi connectivity index (χ4n) is 2.17. The van der Waals surface area contributed by atoms with E-state index >= 15 is 0 Å². The van der Waals surface area contributed by atoms with E-state index in [4.69, 9.17) is 20.8 Å². The summed E-state index contributed by atoms with van der Waals surface area (Å²) in [7, 11) is 0. The number of benzene rings is 2. The van der Waals surface area contributed by atoms with Crippen molar-refractivity contribution in [3.05, 3.63) is 73.5 Å². The number of carbonyl (C=O) groups is 1. The maximum absolute atomic E-state index is 12.3. The molecule has 0 radical (unpaired) electrons. The highest BCUT2D eigenvalue weighted by molar-refractivity contribution is 9.10. The lowest BCUT2D eigenvalue weighted by Crippen LogP contribution is -2.19. The zero-order chi connectivity index (χ0) is 16.6. The normalized spacial score (nSPS) is 10.7. The van der Waals surface area contributed by atoms with Crippen molar-refractivity contribution in [1.82, 2.24) is 0 Å². The fourth-order valence-corrected chi connectivity index (χ4v) is 3.18. The first kappa shape index (κ1) is 15.8. The number of carbonyl (C=O) groups excluding carboxylic acids is 1. The van der Waals surface area contributed by atoms with Crippen LogP contribution in [-0.4, -0.2) is 5.97 Å². The molecule has 0 spiro atoms. The first-order chi connectivity index (χ1) is 11.0. The van der Waals surface area contributed by atoms with Gasteiger partial charge in [-0.15, -0.1) is 0 Å². The number of hydrogen-bond acceptors (Lipinski definition) is 4. The minimum absolute atomic E-state index is 0.179. The van der Waals surface area contributed by atoms with Crippen LogP contribution in [0.4, 0.5) is 0 Å². The number of esters is 1. The number of aryl methyl sites for hydroxylation is 1. The first-order valence-electron chi connectivity index (χ1n) is 6.66. The molecule has 0 unspecified atom stereocenters. The zero-order valence-corrected chi connectivity index (χ0v) is 14.3. The summed E-state index contributed by atoms with van der Waals surface area (Å²) < 4.78 is 11.2. The van der Waals surface area contributed by atoms with Gasteiger partial charge in [0, 0.05) is 9.86 Å². The molecule has 0 saturated carbocycles. The molecule has 0 N–H and O–H groups in total. The fraction of sp³-hybridized carbons (Fsp3) is 0.0588. The maximum Gasteiger partial charge on any atom is 0.351 e. The average Bonchev–Trinajstić information content (AvgIpc) is 2.50. The molecular formula is C17H10BrClO4. The molecule has 3 rings (SSSR count). The average molecular weight is 394 g/mol. The van der Waals surface area contributed by atoms with Gasteiger partial charge in [0.1, 0.15) is 11.1 Å². The van der Waals surface area contributed by atoms with Gasteiger partial charge in [-0.3, -0.25) is 0 Å². The van der Waals surface area contributed by atoms with Gasteiger partial charge in [0.05, 0.1) is 5.02 Å². The van der Waals surface area contributed by atoms with E-state index in [0.717, 1.165) is 4.47 Å². The number of halogens is 2.